The molecule has 0 aliphatic heterocycles. The number of rotatable bonds is 7. The summed E-state index contributed by atoms with van der Waals surface area (Å²) in [6, 6.07) is 12.7. The van der Waals surface area contributed by atoms with Crippen LogP contribution in [0.15, 0.2) is 41.4 Å². The summed E-state index contributed by atoms with van der Waals surface area (Å²) in [7, 11) is 0. The Morgan fingerprint density at radius 3 is 2.63 bits per heavy atom. The van der Waals surface area contributed by atoms with Crippen LogP contribution in [0.1, 0.15) is 41.9 Å². The van der Waals surface area contributed by atoms with E-state index in [0.29, 0.717) is 28.5 Å². The van der Waals surface area contributed by atoms with E-state index < -0.39 is 0 Å². The minimum absolute atomic E-state index is 0.101. The lowest BCUT2D eigenvalue weighted by atomic mass is 10.1. The first-order chi connectivity index (χ1) is 13.0. The summed E-state index contributed by atoms with van der Waals surface area (Å²) in [6.07, 6.45) is 0.856. The Bertz CT molecular complexity index is 862. The minimum Gasteiger partial charge on any atom is -0.355 e. The predicted octanol–water partition coefficient (Wildman–Crippen LogP) is 3.52. The van der Waals surface area contributed by atoms with Crippen LogP contribution in [0, 0.1) is 18.3 Å². The average molecular weight is 382 g/mol. The maximum Gasteiger partial charge on any atom is 0.257 e. The highest BCUT2D eigenvalue weighted by Gasteiger charge is 2.20. The number of aromatic nitrogens is 1. The molecule has 2 rings (SSSR count). The zero-order chi connectivity index (χ0) is 19.8. The number of anilines is 1. The van der Waals surface area contributed by atoms with Crippen molar-refractivity contribution in [3.8, 4) is 6.07 Å². The topological polar surface area (TPSA) is 94.9 Å². The summed E-state index contributed by atoms with van der Waals surface area (Å²) in [5, 5.41) is 15.1. The molecule has 1 unspecified atom stereocenters. The Morgan fingerprint density at radius 1 is 1.30 bits per heavy atom. The van der Waals surface area contributed by atoms with E-state index in [1.807, 2.05) is 25.1 Å². The Kier molecular flexibility index (Phi) is 7.38. The van der Waals surface area contributed by atoms with Crippen molar-refractivity contribution >= 4 is 29.3 Å². The number of nitriles is 1. The second kappa shape index (κ2) is 9.74. The Morgan fingerprint density at radius 2 is 2.00 bits per heavy atom. The number of carbonyl (C=O) groups excluding carboxylic acids is 2. The van der Waals surface area contributed by atoms with E-state index in [9.17, 15) is 14.9 Å². The molecule has 0 bridgehead atoms. The van der Waals surface area contributed by atoms with Gasteiger partial charge < -0.3 is 10.6 Å². The maximum absolute atomic E-state index is 12.5. The molecule has 1 aromatic heterocycles. The second-order valence-electron chi connectivity index (χ2n) is 5.96. The zero-order valence-corrected chi connectivity index (χ0v) is 16.4. The van der Waals surface area contributed by atoms with Gasteiger partial charge in [0.1, 0.15) is 11.1 Å². The number of nitrogens with one attached hydrogen (secondary N) is 2. The number of para-hydroxylation sites is 1. The summed E-state index contributed by atoms with van der Waals surface area (Å²) < 4.78 is 0. The molecule has 1 aromatic carbocycles. The largest absolute Gasteiger partial charge is 0.355 e. The molecule has 140 valence electrons. The molecule has 27 heavy (non-hydrogen) atoms. The molecule has 0 saturated carbocycles. The van der Waals surface area contributed by atoms with Crippen LogP contribution in [0.3, 0.4) is 0 Å². The van der Waals surface area contributed by atoms with Gasteiger partial charge in [-0.3, -0.25) is 9.59 Å². The monoisotopic (exact) mass is 382 g/mol. The number of pyridine rings is 1. The van der Waals surface area contributed by atoms with E-state index in [-0.39, 0.29) is 22.6 Å². The van der Waals surface area contributed by atoms with Gasteiger partial charge in [-0.15, -0.1) is 0 Å². The van der Waals surface area contributed by atoms with Crippen molar-refractivity contribution in [1.82, 2.24) is 10.3 Å². The molecule has 0 radical (unpaired) electrons. The van der Waals surface area contributed by atoms with Gasteiger partial charge in [0.2, 0.25) is 5.91 Å². The van der Waals surface area contributed by atoms with Crippen LogP contribution >= 0.6 is 11.8 Å². The van der Waals surface area contributed by atoms with Crippen LogP contribution in [0.2, 0.25) is 0 Å². The molecule has 0 aliphatic rings. The minimum atomic E-state index is -0.389. The summed E-state index contributed by atoms with van der Waals surface area (Å²) >= 11 is 1.21. The van der Waals surface area contributed by atoms with E-state index in [1.165, 1.54) is 17.8 Å². The number of hydrogen-bond donors (Lipinski definition) is 2. The van der Waals surface area contributed by atoms with Crippen molar-refractivity contribution in [3.63, 3.8) is 0 Å². The van der Waals surface area contributed by atoms with Crippen molar-refractivity contribution in [2.45, 2.75) is 37.5 Å². The normalized spacial score (nSPS) is 11.3. The summed E-state index contributed by atoms with van der Waals surface area (Å²) in [5.41, 5.74) is 1.79. The van der Waals surface area contributed by atoms with Gasteiger partial charge in [0.15, 0.2) is 0 Å². The molecule has 6 nitrogen and oxygen atoms in total. The van der Waals surface area contributed by atoms with E-state index in [0.717, 1.165) is 6.42 Å². The molecule has 7 heteroatoms. The van der Waals surface area contributed by atoms with Crippen molar-refractivity contribution in [2.24, 2.45) is 0 Å². The Labute approximate surface area is 163 Å². The molecule has 2 N–H and O–H groups in total. The van der Waals surface area contributed by atoms with Crippen LogP contribution in [-0.4, -0.2) is 28.6 Å². The lowest BCUT2D eigenvalue weighted by Crippen LogP contribution is -2.31. The van der Waals surface area contributed by atoms with E-state index in [4.69, 9.17) is 0 Å². The standard InChI is InChI=1S/C20H22N4O2S/c1-4-10-22-18(25)14(3)27-20-15(12-21)11-17(13(2)23-20)19(26)24-16-8-6-5-7-9-16/h5-9,11,14H,4,10H2,1-3H3,(H,22,25)(H,24,26). The zero-order valence-electron chi connectivity index (χ0n) is 15.6. The fourth-order valence-corrected chi connectivity index (χ4v) is 3.26. The van der Waals surface area contributed by atoms with Crippen LogP contribution in [0.5, 0.6) is 0 Å². The molecule has 0 saturated heterocycles. The van der Waals surface area contributed by atoms with Crippen molar-refractivity contribution in [1.29, 1.82) is 5.26 Å². The van der Waals surface area contributed by atoms with Crippen LogP contribution in [0.4, 0.5) is 5.69 Å². The second-order valence-corrected chi connectivity index (χ2v) is 7.29. The predicted molar refractivity (Wildman–Crippen MR) is 107 cm³/mol. The first-order valence-corrected chi connectivity index (χ1v) is 9.56. The van der Waals surface area contributed by atoms with Gasteiger partial charge in [0, 0.05) is 12.2 Å². The summed E-state index contributed by atoms with van der Waals surface area (Å²) in [4.78, 5) is 29.0. The van der Waals surface area contributed by atoms with Crippen LogP contribution < -0.4 is 10.6 Å². The van der Waals surface area contributed by atoms with E-state index >= 15 is 0 Å². The molecule has 0 spiro atoms. The van der Waals surface area contributed by atoms with Crippen molar-refractivity contribution in [2.75, 3.05) is 11.9 Å². The molecule has 0 aliphatic carbocycles. The quantitative estimate of drug-likeness (QED) is 0.715. The van der Waals surface area contributed by atoms with Gasteiger partial charge in [-0.2, -0.15) is 5.26 Å². The highest BCUT2D eigenvalue weighted by atomic mass is 32.2. The number of aryl methyl sites for hydroxylation is 1. The third-order valence-electron chi connectivity index (χ3n) is 3.78. The van der Waals surface area contributed by atoms with Crippen LogP contribution in [-0.2, 0) is 4.79 Å². The SMILES string of the molecule is CCCNC(=O)C(C)Sc1nc(C)c(C(=O)Nc2ccccc2)cc1C#N. The number of nitrogens with zero attached hydrogens (tertiary/aromatic N) is 2. The third-order valence-corrected chi connectivity index (χ3v) is 4.88. The van der Waals surface area contributed by atoms with Gasteiger partial charge >= 0.3 is 0 Å². The van der Waals surface area contributed by atoms with Crippen LogP contribution in [0.25, 0.3) is 0 Å². The molecule has 0 fully saturated rings. The number of hydrogen-bond acceptors (Lipinski definition) is 5. The molecule has 1 heterocycles. The highest BCUT2D eigenvalue weighted by Crippen LogP contribution is 2.27. The third kappa shape index (κ3) is 5.56. The molecule has 2 amide bonds. The molecule has 1 atom stereocenters. The van der Waals surface area contributed by atoms with Gasteiger partial charge in [0.05, 0.1) is 22.1 Å². The maximum atomic E-state index is 12.5. The Hall–Kier alpha value is -2.85. The lowest BCUT2D eigenvalue weighted by Gasteiger charge is -2.14. The van der Waals surface area contributed by atoms with Gasteiger partial charge in [-0.25, -0.2) is 4.98 Å². The van der Waals surface area contributed by atoms with Gasteiger partial charge in [-0.05, 0) is 38.5 Å². The lowest BCUT2D eigenvalue weighted by molar-refractivity contribution is -0.120. The first-order valence-electron chi connectivity index (χ1n) is 8.68. The number of amides is 2. The fourth-order valence-electron chi connectivity index (χ4n) is 2.32. The smallest absolute Gasteiger partial charge is 0.257 e. The summed E-state index contributed by atoms with van der Waals surface area (Å²) in [5.74, 6) is -0.427. The average Bonchev–Trinajstić information content (AvgIpc) is 2.66. The van der Waals surface area contributed by atoms with Gasteiger partial charge in [-0.1, -0.05) is 36.9 Å². The Balaban J connectivity index is 2.20. The van der Waals surface area contributed by atoms with Crippen molar-refractivity contribution < 1.29 is 9.59 Å². The molecular weight excluding hydrogens is 360 g/mol. The van der Waals surface area contributed by atoms with Crippen molar-refractivity contribution in [3.05, 3.63) is 53.2 Å². The van der Waals surface area contributed by atoms with Gasteiger partial charge in [0.25, 0.3) is 5.91 Å². The van der Waals surface area contributed by atoms with E-state index in [1.54, 1.807) is 26.0 Å². The fraction of sp³-hybridized carbons (Fsp3) is 0.300. The number of carbonyl (C=O) groups is 2. The first kappa shape index (κ1) is 20.5. The summed E-state index contributed by atoms with van der Waals surface area (Å²) in [6.45, 7) is 6.08. The number of thioether (sulfide) groups is 1. The van der Waals surface area contributed by atoms with E-state index in [2.05, 4.69) is 21.7 Å². The highest BCUT2D eigenvalue weighted by molar-refractivity contribution is 8.00. The molecular formula is C20H22N4O2S. The molecule has 2 aromatic rings. The number of benzene rings is 1.